The smallest absolute Gasteiger partial charge is 0.270 e. The van der Waals surface area contributed by atoms with Crippen molar-refractivity contribution in [3.8, 4) is 22.8 Å². The van der Waals surface area contributed by atoms with E-state index in [0.717, 1.165) is 50.3 Å². The predicted octanol–water partition coefficient (Wildman–Crippen LogP) is 4.95. The first-order valence-corrected chi connectivity index (χ1v) is 12.1. The summed E-state index contributed by atoms with van der Waals surface area (Å²) < 4.78 is 13.3. The van der Waals surface area contributed by atoms with Crippen molar-refractivity contribution in [2.45, 2.75) is 26.9 Å². The van der Waals surface area contributed by atoms with E-state index >= 15 is 0 Å². The number of aryl methyl sites for hydroxylation is 2. The molecule has 0 atom stereocenters. The maximum Gasteiger partial charge on any atom is 0.270 e. The number of fused-ring (bicyclic) bond motifs is 3. The first kappa shape index (κ1) is 22.2. The summed E-state index contributed by atoms with van der Waals surface area (Å²) in [5.41, 5.74) is 7.38. The molecule has 1 N–H and O–H groups in total. The van der Waals surface area contributed by atoms with Crippen molar-refractivity contribution in [2.75, 3.05) is 20.3 Å². The van der Waals surface area contributed by atoms with Crippen LogP contribution in [-0.4, -0.2) is 50.6 Å². The van der Waals surface area contributed by atoms with Gasteiger partial charge in [0, 0.05) is 24.7 Å². The summed E-state index contributed by atoms with van der Waals surface area (Å²) in [5, 5.41) is 0. The first-order chi connectivity index (χ1) is 17.5. The third-order valence-corrected chi connectivity index (χ3v) is 6.74. The Hall–Kier alpha value is -4.33. The standard InChI is InChI=1S/C28H27N5O3/c1-4-33-24-8-10-27(35-3)31-23(24)15-25(33)28(34)32-11-12-36-26-9-6-18(13-20(26)16-32)19-5-7-21-22(14-19)30-17(2)29-21/h5-10,13-15H,4,11-12,16H2,1-3H3,(H,29,30). The van der Waals surface area contributed by atoms with Gasteiger partial charge in [-0.05, 0) is 61.4 Å². The maximum absolute atomic E-state index is 13.7. The molecule has 6 rings (SSSR count). The van der Waals surface area contributed by atoms with Crippen molar-refractivity contribution < 1.29 is 14.3 Å². The number of benzene rings is 2. The van der Waals surface area contributed by atoms with Crippen LogP contribution >= 0.6 is 0 Å². The van der Waals surface area contributed by atoms with Gasteiger partial charge in [-0.2, -0.15) is 0 Å². The summed E-state index contributed by atoms with van der Waals surface area (Å²) in [5.74, 6) is 2.20. The molecule has 4 heterocycles. The fourth-order valence-corrected chi connectivity index (χ4v) is 4.98. The van der Waals surface area contributed by atoms with Gasteiger partial charge in [0.15, 0.2) is 0 Å². The number of ether oxygens (including phenoxy) is 2. The van der Waals surface area contributed by atoms with Gasteiger partial charge >= 0.3 is 0 Å². The molecule has 1 aliphatic rings. The van der Waals surface area contributed by atoms with Gasteiger partial charge in [0.05, 0.1) is 35.7 Å². The highest BCUT2D eigenvalue weighted by Gasteiger charge is 2.25. The lowest BCUT2D eigenvalue weighted by Crippen LogP contribution is -2.33. The van der Waals surface area contributed by atoms with Gasteiger partial charge in [-0.3, -0.25) is 4.79 Å². The van der Waals surface area contributed by atoms with Crippen LogP contribution in [0.4, 0.5) is 0 Å². The zero-order valence-corrected chi connectivity index (χ0v) is 20.5. The molecule has 3 aromatic heterocycles. The Labute approximate surface area is 208 Å². The fraction of sp³-hybridized carbons (Fsp3) is 0.250. The molecular weight excluding hydrogens is 454 g/mol. The molecule has 5 aromatic rings. The number of nitrogens with one attached hydrogen (secondary N) is 1. The van der Waals surface area contributed by atoms with E-state index in [-0.39, 0.29) is 5.91 Å². The largest absolute Gasteiger partial charge is 0.491 e. The highest BCUT2D eigenvalue weighted by Crippen LogP contribution is 2.31. The van der Waals surface area contributed by atoms with Crippen LogP contribution in [0.5, 0.6) is 11.6 Å². The van der Waals surface area contributed by atoms with Crippen LogP contribution in [0.15, 0.2) is 54.6 Å². The number of aromatic amines is 1. The van der Waals surface area contributed by atoms with Gasteiger partial charge in [-0.25, -0.2) is 9.97 Å². The Morgan fingerprint density at radius 3 is 2.72 bits per heavy atom. The molecule has 182 valence electrons. The molecule has 8 nitrogen and oxygen atoms in total. The fourth-order valence-electron chi connectivity index (χ4n) is 4.98. The van der Waals surface area contributed by atoms with Crippen LogP contribution in [0.2, 0.25) is 0 Å². The van der Waals surface area contributed by atoms with E-state index < -0.39 is 0 Å². The maximum atomic E-state index is 13.7. The molecule has 2 aromatic carbocycles. The minimum absolute atomic E-state index is 0.0370. The van der Waals surface area contributed by atoms with E-state index in [4.69, 9.17) is 9.47 Å². The molecule has 0 fully saturated rings. The quantitative estimate of drug-likeness (QED) is 0.393. The number of hydrogen-bond donors (Lipinski definition) is 1. The molecule has 1 amide bonds. The van der Waals surface area contributed by atoms with Crippen LogP contribution in [-0.2, 0) is 13.1 Å². The van der Waals surface area contributed by atoms with E-state index in [1.165, 1.54) is 0 Å². The summed E-state index contributed by atoms with van der Waals surface area (Å²) in [4.78, 5) is 27.9. The van der Waals surface area contributed by atoms with Crippen molar-refractivity contribution in [1.82, 2.24) is 24.4 Å². The number of pyridine rings is 1. The Kier molecular flexibility index (Phi) is 5.36. The number of carbonyl (C=O) groups excluding carboxylic acids is 1. The van der Waals surface area contributed by atoms with Crippen LogP contribution in [0, 0.1) is 6.92 Å². The van der Waals surface area contributed by atoms with E-state index in [0.29, 0.717) is 37.8 Å². The van der Waals surface area contributed by atoms with E-state index in [2.05, 4.69) is 39.2 Å². The molecule has 0 bridgehead atoms. The number of aromatic nitrogens is 4. The zero-order chi connectivity index (χ0) is 24.8. The van der Waals surface area contributed by atoms with E-state index in [1.54, 1.807) is 7.11 Å². The van der Waals surface area contributed by atoms with Crippen LogP contribution in [0.3, 0.4) is 0 Å². The minimum atomic E-state index is -0.0370. The number of imidazole rings is 1. The predicted molar refractivity (Wildman–Crippen MR) is 138 cm³/mol. The number of hydrogen-bond acceptors (Lipinski definition) is 5. The van der Waals surface area contributed by atoms with Crippen molar-refractivity contribution >= 4 is 28.0 Å². The van der Waals surface area contributed by atoms with Gasteiger partial charge in [0.25, 0.3) is 5.91 Å². The molecule has 1 aliphatic heterocycles. The Bertz CT molecular complexity index is 1620. The second-order valence-electron chi connectivity index (χ2n) is 8.98. The van der Waals surface area contributed by atoms with Crippen molar-refractivity contribution in [2.24, 2.45) is 0 Å². The Morgan fingerprint density at radius 1 is 1.06 bits per heavy atom. The van der Waals surface area contributed by atoms with Gasteiger partial charge in [-0.15, -0.1) is 0 Å². The lowest BCUT2D eigenvalue weighted by Gasteiger charge is -2.21. The average Bonchev–Trinajstić information content (AvgIpc) is 3.38. The van der Waals surface area contributed by atoms with Crippen molar-refractivity contribution in [3.05, 3.63) is 71.7 Å². The summed E-state index contributed by atoms with van der Waals surface area (Å²) in [6.45, 7) is 6.07. The highest BCUT2D eigenvalue weighted by atomic mass is 16.5. The van der Waals surface area contributed by atoms with Gasteiger partial charge in [-0.1, -0.05) is 12.1 Å². The summed E-state index contributed by atoms with van der Waals surface area (Å²) in [6, 6.07) is 18.0. The van der Waals surface area contributed by atoms with Gasteiger partial charge in [0.1, 0.15) is 23.9 Å². The molecule has 0 saturated heterocycles. The summed E-state index contributed by atoms with van der Waals surface area (Å²) >= 11 is 0. The molecule has 0 spiro atoms. The molecule has 0 saturated carbocycles. The Morgan fingerprint density at radius 2 is 1.89 bits per heavy atom. The average molecular weight is 482 g/mol. The normalized spacial score (nSPS) is 13.5. The number of carbonyl (C=O) groups is 1. The van der Waals surface area contributed by atoms with Crippen LogP contribution in [0.25, 0.3) is 33.2 Å². The zero-order valence-electron chi connectivity index (χ0n) is 20.5. The molecular formula is C28H27N5O3. The van der Waals surface area contributed by atoms with Crippen LogP contribution in [0.1, 0.15) is 28.8 Å². The highest BCUT2D eigenvalue weighted by molar-refractivity contribution is 5.98. The first-order valence-electron chi connectivity index (χ1n) is 12.1. The Balaban J connectivity index is 1.34. The molecule has 0 radical (unpaired) electrons. The lowest BCUT2D eigenvalue weighted by molar-refractivity contribution is 0.0723. The van der Waals surface area contributed by atoms with Crippen molar-refractivity contribution in [3.63, 3.8) is 0 Å². The topological polar surface area (TPSA) is 85.3 Å². The second kappa shape index (κ2) is 8.71. The second-order valence-corrected chi connectivity index (χ2v) is 8.98. The molecule has 0 unspecified atom stereocenters. The molecule has 36 heavy (non-hydrogen) atoms. The monoisotopic (exact) mass is 481 g/mol. The molecule has 8 heteroatoms. The van der Waals surface area contributed by atoms with Crippen LogP contribution < -0.4 is 9.47 Å². The summed E-state index contributed by atoms with van der Waals surface area (Å²) in [7, 11) is 1.59. The van der Waals surface area contributed by atoms with Crippen molar-refractivity contribution in [1.29, 1.82) is 0 Å². The molecule has 0 aliphatic carbocycles. The lowest BCUT2D eigenvalue weighted by atomic mass is 10.0. The number of nitrogens with zero attached hydrogens (tertiary/aromatic N) is 4. The third kappa shape index (κ3) is 3.75. The number of amides is 1. The number of rotatable bonds is 4. The van der Waals surface area contributed by atoms with Gasteiger partial charge < -0.3 is 23.9 Å². The van der Waals surface area contributed by atoms with E-state index in [9.17, 15) is 4.79 Å². The van der Waals surface area contributed by atoms with E-state index in [1.807, 2.05) is 53.6 Å². The SMILES string of the molecule is CCn1c(C(=O)N2CCOc3ccc(-c4ccc5nc(C)[nH]c5c4)cc3C2)cc2nc(OC)ccc21. The third-order valence-electron chi connectivity index (χ3n) is 6.74. The number of H-pyrrole nitrogens is 1. The minimum Gasteiger partial charge on any atom is -0.491 e. The number of methoxy groups -OCH3 is 1. The van der Waals surface area contributed by atoms with Gasteiger partial charge in [0.2, 0.25) is 5.88 Å². The summed E-state index contributed by atoms with van der Waals surface area (Å²) in [6.07, 6.45) is 0.